The van der Waals surface area contributed by atoms with Crippen LogP contribution in [-0.4, -0.2) is 24.6 Å². The molecule has 3 heteroatoms. The molecule has 0 aliphatic heterocycles. The van der Waals surface area contributed by atoms with Gasteiger partial charge < -0.3 is 14.6 Å². The standard InChI is InChI=1S/C8H16O3.2CH4/c1-4-7(2)10-6-11-8(3)5-9;;/h7,9H,3-6H2,1-2H3;2*1H4. The Bertz CT molecular complexity index is 113. The molecule has 0 aromatic heterocycles. The van der Waals surface area contributed by atoms with E-state index in [1.807, 2.05) is 13.8 Å². The molecular weight excluding hydrogens is 168 g/mol. The molecule has 0 bridgehead atoms. The fourth-order valence-electron chi connectivity index (χ4n) is 0.397. The molecular formula is C10H24O3. The van der Waals surface area contributed by atoms with Crippen LogP contribution in [0.25, 0.3) is 0 Å². The molecule has 0 saturated heterocycles. The molecule has 82 valence electrons. The first kappa shape index (κ1) is 18.3. The summed E-state index contributed by atoms with van der Waals surface area (Å²) in [5.41, 5.74) is 0. The van der Waals surface area contributed by atoms with E-state index < -0.39 is 0 Å². The summed E-state index contributed by atoms with van der Waals surface area (Å²) in [5.74, 6) is 0.341. The summed E-state index contributed by atoms with van der Waals surface area (Å²) in [6, 6.07) is 0. The topological polar surface area (TPSA) is 38.7 Å². The summed E-state index contributed by atoms with van der Waals surface area (Å²) in [7, 11) is 0. The quantitative estimate of drug-likeness (QED) is 0.519. The van der Waals surface area contributed by atoms with Crippen molar-refractivity contribution in [2.75, 3.05) is 13.4 Å². The Hall–Kier alpha value is -0.540. The zero-order valence-corrected chi connectivity index (χ0v) is 7.17. The predicted octanol–water partition coefficient (Wildman–Crippen LogP) is 2.55. The summed E-state index contributed by atoms with van der Waals surface area (Å²) in [5, 5.41) is 8.48. The Morgan fingerprint density at radius 1 is 1.46 bits per heavy atom. The summed E-state index contributed by atoms with van der Waals surface area (Å²) in [6.07, 6.45) is 1.15. The van der Waals surface area contributed by atoms with Gasteiger partial charge in [0.15, 0.2) is 6.79 Å². The smallest absolute Gasteiger partial charge is 0.188 e. The molecule has 1 atom stereocenters. The molecule has 0 saturated carbocycles. The van der Waals surface area contributed by atoms with Crippen LogP contribution < -0.4 is 0 Å². The molecule has 0 radical (unpaired) electrons. The maximum absolute atomic E-state index is 8.48. The Morgan fingerprint density at radius 2 is 2.00 bits per heavy atom. The van der Waals surface area contributed by atoms with Crippen LogP contribution in [0.1, 0.15) is 35.1 Å². The van der Waals surface area contributed by atoms with Crippen LogP contribution in [0.3, 0.4) is 0 Å². The number of ether oxygens (including phenoxy) is 2. The molecule has 0 fully saturated rings. The first-order valence-corrected chi connectivity index (χ1v) is 3.73. The minimum absolute atomic E-state index is 0. The van der Waals surface area contributed by atoms with E-state index in [-0.39, 0.29) is 34.4 Å². The van der Waals surface area contributed by atoms with Gasteiger partial charge in [0, 0.05) is 0 Å². The van der Waals surface area contributed by atoms with Crippen molar-refractivity contribution in [1.29, 1.82) is 0 Å². The van der Waals surface area contributed by atoms with Crippen molar-refractivity contribution in [2.24, 2.45) is 0 Å². The minimum Gasteiger partial charge on any atom is -0.470 e. The maximum Gasteiger partial charge on any atom is 0.188 e. The van der Waals surface area contributed by atoms with E-state index in [0.717, 1.165) is 6.42 Å². The highest BCUT2D eigenvalue weighted by atomic mass is 16.7. The predicted molar refractivity (Wildman–Crippen MR) is 56.5 cm³/mol. The Kier molecular flexibility index (Phi) is 16.1. The average Bonchev–Trinajstić information content (AvgIpc) is 2.04. The summed E-state index contributed by atoms with van der Waals surface area (Å²) in [4.78, 5) is 0. The van der Waals surface area contributed by atoms with Gasteiger partial charge in [0.2, 0.25) is 0 Å². The van der Waals surface area contributed by atoms with E-state index in [0.29, 0.717) is 5.76 Å². The SMILES string of the molecule is C.C.C=C(CO)OCOC(C)CC. The van der Waals surface area contributed by atoms with Crippen molar-refractivity contribution in [3.05, 3.63) is 12.3 Å². The molecule has 13 heavy (non-hydrogen) atoms. The second-order valence-corrected chi connectivity index (χ2v) is 2.34. The summed E-state index contributed by atoms with van der Waals surface area (Å²) < 4.78 is 10.1. The third kappa shape index (κ3) is 11.5. The highest BCUT2D eigenvalue weighted by Gasteiger charge is 1.97. The third-order valence-corrected chi connectivity index (χ3v) is 1.37. The molecule has 3 nitrogen and oxygen atoms in total. The lowest BCUT2D eigenvalue weighted by Crippen LogP contribution is -2.10. The zero-order valence-electron chi connectivity index (χ0n) is 7.17. The molecule has 0 aromatic rings. The Labute approximate surface area is 82.4 Å². The van der Waals surface area contributed by atoms with Gasteiger partial charge >= 0.3 is 0 Å². The molecule has 0 aromatic carbocycles. The lowest BCUT2D eigenvalue weighted by Gasteiger charge is -2.11. The van der Waals surface area contributed by atoms with Crippen LogP contribution >= 0.6 is 0 Å². The van der Waals surface area contributed by atoms with Gasteiger partial charge in [0.25, 0.3) is 0 Å². The lowest BCUT2D eigenvalue weighted by atomic mass is 10.3. The molecule has 0 heterocycles. The van der Waals surface area contributed by atoms with Crippen molar-refractivity contribution in [2.45, 2.75) is 41.2 Å². The molecule has 0 amide bonds. The van der Waals surface area contributed by atoms with E-state index in [2.05, 4.69) is 6.58 Å². The molecule has 0 aliphatic carbocycles. The van der Waals surface area contributed by atoms with Crippen molar-refractivity contribution >= 4 is 0 Å². The number of hydrogen-bond acceptors (Lipinski definition) is 3. The fraction of sp³-hybridized carbons (Fsp3) is 0.800. The normalized spacial score (nSPS) is 10.7. The first-order chi connectivity index (χ1) is 5.20. The second kappa shape index (κ2) is 11.5. The van der Waals surface area contributed by atoms with Gasteiger partial charge in [-0.05, 0) is 13.3 Å². The number of aliphatic hydroxyl groups is 1. The highest BCUT2D eigenvalue weighted by molar-refractivity contribution is 4.79. The van der Waals surface area contributed by atoms with E-state index in [1.165, 1.54) is 0 Å². The monoisotopic (exact) mass is 192 g/mol. The Balaban J connectivity index is -0.000000500. The average molecular weight is 192 g/mol. The lowest BCUT2D eigenvalue weighted by molar-refractivity contribution is -0.0648. The van der Waals surface area contributed by atoms with Gasteiger partial charge in [-0.3, -0.25) is 0 Å². The zero-order chi connectivity index (χ0) is 8.69. The molecule has 1 N–H and O–H groups in total. The van der Waals surface area contributed by atoms with Crippen LogP contribution in [0.2, 0.25) is 0 Å². The minimum atomic E-state index is -0.149. The van der Waals surface area contributed by atoms with E-state index in [9.17, 15) is 0 Å². The van der Waals surface area contributed by atoms with Gasteiger partial charge in [-0.2, -0.15) is 0 Å². The second-order valence-electron chi connectivity index (χ2n) is 2.34. The molecule has 0 spiro atoms. The molecule has 1 unspecified atom stereocenters. The highest BCUT2D eigenvalue weighted by Crippen LogP contribution is 1.98. The van der Waals surface area contributed by atoms with Gasteiger partial charge in [0.05, 0.1) is 12.7 Å². The molecule has 0 rings (SSSR count). The third-order valence-electron chi connectivity index (χ3n) is 1.37. The van der Waals surface area contributed by atoms with Crippen molar-refractivity contribution < 1.29 is 14.6 Å². The van der Waals surface area contributed by atoms with Crippen LogP contribution in [-0.2, 0) is 9.47 Å². The van der Waals surface area contributed by atoms with Gasteiger partial charge in [0.1, 0.15) is 5.76 Å². The van der Waals surface area contributed by atoms with Crippen LogP contribution in [0, 0.1) is 0 Å². The Morgan fingerprint density at radius 3 is 2.38 bits per heavy atom. The number of hydrogen-bond donors (Lipinski definition) is 1. The van der Waals surface area contributed by atoms with E-state index >= 15 is 0 Å². The first-order valence-electron chi connectivity index (χ1n) is 3.73. The fourth-order valence-corrected chi connectivity index (χ4v) is 0.397. The van der Waals surface area contributed by atoms with Crippen LogP contribution in [0.15, 0.2) is 12.3 Å². The summed E-state index contributed by atoms with van der Waals surface area (Å²) in [6.45, 7) is 7.47. The van der Waals surface area contributed by atoms with Gasteiger partial charge in [-0.15, -0.1) is 0 Å². The summed E-state index contributed by atoms with van der Waals surface area (Å²) >= 11 is 0. The maximum atomic E-state index is 8.48. The van der Waals surface area contributed by atoms with Crippen LogP contribution in [0.5, 0.6) is 0 Å². The van der Waals surface area contributed by atoms with Crippen LogP contribution in [0.4, 0.5) is 0 Å². The molecule has 0 aliphatic rings. The van der Waals surface area contributed by atoms with Gasteiger partial charge in [-0.1, -0.05) is 28.4 Å². The number of rotatable bonds is 6. The van der Waals surface area contributed by atoms with Crippen molar-refractivity contribution in [1.82, 2.24) is 0 Å². The largest absolute Gasteiger partial charge is 0.470 e. The van der Waals surface area contributed by atoms with Gasteiger partial charge in [-0.25, -0.2) is 0 Å². The van der Waals surface area contributed by atoms with Crippen molar-refractivity contribution in [3.63, 3.8) is 0 Å². The van der Waals surface area contributed by atoms with E-state index in [1.54, 1.807) is 0 Å². The van der Waals surface area contributed by atoms with E-state index in [4.69, 9.17) is 14.6 Å². The van der Waals surface area contributed by atoms with Crippen molar-refractivity contribution in [3.8, 4) is 0 Å². The number of aliphatic hydroxyl groups excluding tert-OH is 1.